The number of urea groups is 2. The molecule has 0 aromatic heterocycles. The molecule has 0 bridgehead atoms. The first-order chi connectivity index (χ1) is 14.8. The average Bonchev–Trinajstić information content (AvgIpc) is 3.24. The number of aryl methyl sites for hydroxylation is 1. The molecule has 1 saturated carbocycles. The molecule has 5 amide bonds. The second-order valence-electron chi connectivity index (χ2n) is 8.23. The number of anilines is 1. The number of amides is 5. The highest BCUT2D eigenvalue weighted by molar-refractivity contribution is 6.30. The first kappa shape index (κ1) is 21.2. The van der Waals surface area contributed by atoms with E-state index in [1.807, 2.05) is 49.4 Å². The predicted octanol–water partition coefficient (Wildman–Crippen LogP) is 4.16. The number of hydrogen-bond acceptors (Lipinski definition) is 3. The van der Waals surface area contributed by atoms with Gasteiger partial charge in [0.05, 0.1) is 0 Å². The van der Waals surface area contributed by atoms with Crippen molar-refractivity contribution in [2.24, 2.45) is 5.92 Å². The summed E-state index contributed by atoms with van der Waals surface area (Å²) in [5.74, 6) is -0.347. The van der Waals surface area contributed by atoms with E-state index in [1.165, 1.54) is 7.05 Å². The molecule has 162 valence electrons. The van der Waals surface area contributed by atoms with Gasteiger partial charge < -0.3 is 16.0 Å². The Hall–Kier alpha value is -3.06. The summed E-state index contributed by atoms with van der Waals surface area (Å²) in [7, 11) is 1.48. The van der Waals surface area contributed by atoms with Gasteiger partial charge in [-0.2, -0.15) is 0 Å². The summed E-state index contributed by atoms with van der Waals surface area (Å²) < 4.78 is 0. The number of nitrogens with one attached hydrogen (secondary N) is 3. The van der Waals surface area contributed by atoms with Crippen LogP contribution in [0, 0.1) is 12.8 Å². The Morgan fingerprint density at radius 1 is 1.23 bits per heavy atom. The van der Waals surface area contributed by atoms with E-state index >= 15 is 0 Å². The van der Waals surface area contributed by atoms with Crippen LogP contribution in [0.2, 0.25) is 5.02 Å². The van der Waals surface area contributed by atoms with Crippen molar-refractivity contribution >= 4 is 35.3 Å². The summed E-state index contributed by atoms with van der Waals surface area (Å²) in [6.45, 7) is 2.24. The van der Waals surface area contributed by atoms with Crippen LogP contribution in [0.15, 0.2) is 42.5 Å². The van der Waals surface area contributed by atoms with E-state index in [4.69, 9.17) is 11.6 Å². The second kappa shape index (κ2) is 8.23. The van der Waals surface area contributed by atoms with E-state index < -0.39 is 5.54 Å². The summed E-state index contributed by atoms with van der Waals surface area (Å²) in [5.41, 5.74) is 2.75. The normalized spacial score (nSPS) is 22.7. The molecule has 2 aromatic carbocycles. The van der Waals surface area contributed by atoms with E-state index in [-0.39, 0.29) is 23.9 Å². The van der Waals surface area contributed by atoms with Crippen LogP contribution in [0.1, 0.15) is 24.8 Å². The zero-order chi connectivity index (χ0) is 22.2. The summed E-state index contributed by atoms with van der Waals surface area (Å²) in [6, 6.07) is 12.7. The summed E-state index contributed by atoms with van der Waals surface area (Å²) in [6.07, 6.45) is 2.20. The maximum absolute atomic E-state index is 12.6. The van der Waals surface area contributed by atoms with Gasteiger partial charge in [-0.25, -0.2) is 9.59 Å². The number of rotatable bonds is 4. The maximum atomic E-state index is 12.6. The standard InChI is InChI=1S/C23H25ClN4O3/c1-14-11-16(15-5-3-7-18(24)12-15)8-9-19(14)26-21(30)25-13-17-6-4-10-23(17)20(29)28(2)22(31)27-23/h3,5,7-9,11-12,17H,4,6,10,13H2,1-2H3,(H,27,31)(H2,25,26,30). The van der Waals surface area contributed by atoms with Gasteiger partial charge in [-0.15, -0.1) is 0 Å². The number of carbonyl (C=O) groups excluding carboxylic acids is 3. The van der Waals surface area contributed by atoms with Gasteiger partial charge >= 0.3 is 12.1 Å². The molecule has 2 atom stereocenters. The van der Waals surface area contributed by atoms with E-state index in [0.717, 1.165) is 34.4 Å². The quantitative estimate of drug-likeness (QED) is 0.623. The monoisotopic (exact) mass is 440 g/mol. The minimum absolute atomic E-state index is 0.133. The lowest BCUT2D eigenvalue weighted by Gasteiger charge is -2.28. The van der Waals surface area contributed by atoms with Crippen LogP contribution in [-0.2, 0) is 4.79 Å². The first-order valence-corrected chi connectivity index (χ1v) is 10.7. The lowest BCUT2D eigenvalue weighted by molar-refractivity contribution is -0.131. The molecule has 1 saturated heterocycles. The minimum atomic E-state index is -0.895. The highest BCUT2D eigenvalue weighted by Gasteiger charge is 2.56. The molecule has 7 nitrogen and oxygen atoms in total. The Bertz CT molecular complexity index is 1060. The van der Waals surface area contributed by atoms with Crippen molar-refractivity contribution in [1.82, 2.24) is 15.5 Å². The Balaban J connectivity index is 1.39. The number of hydrogen-bond donors (Lipinski definition) is 3. The minimum Gasteiger partial charge on any atom is -0.337 e. The van der Waals surface area contributed by atoms with Crippen molar-refractivity contribution < 1.29 is 14.4 Å². The van der Waals surface area contributed by atoms with Crippen molar-refractivity contribution in [3.63, 3.8) is 0 Å². The molecule has 2 aromatic rings. The van der Waals surface area contributed by atoms with Crippen LogP contribution >= 0.6 is 11.6 Å². The molecule has 31 heavy (non-hydrogen) atoms. The smallest absolute Gasteiger partial charge is 0.324 e. The van der Waals surface area contributed by atoms with Gasteiger partial charge in [0.1, 0.15) is 5.54 Å². The number of nitrogens with zero attached hydrogens (tertiary/aromatic N) is 1. The van der Waals surface area contributed by atoms with Crippen molar-refractivity contribution in [2.75, 3.05) is 18.9 Å². The van der Waals surface area contributed by atoms with Gasteiger partial charge in [-0.05, 0) is 60.7 Å². The SMILES string of the molecule is Cc1cc(-c2cccc(Cl)c2)ccc1NC(=O)NCC1CCCC12NC(=O)N(C)C2=O. The molecule has 2 unspecified atom stereocenters. The van der Waals surface area contributed by atoms with Gasteiger partial charge in [0.15, 0.2) is 0 Å². The van der Waals surface area contributed by atoms with Crippen LogP contribution in [0.4, 0.5) is 15.3 Å². The fourth-order valence-electron chi connectivity index (χ4n) is 4.55. The molecule has 1 heterocycles. The highest BCUT2D eigenvalue weighted by Crippen LogP contribution is 2.39. The zero-order valence-corrected chi connectivity index (χ0v) is 18.3. The van der Waals surface area contributed by atoms with Gasteiger partial charge in [0.2, 0.25) is 0 Å². The molecule has 1 aliphatic carbocycles. The predicted molar refractivity (Wildman–Crippen MR) is 120 cm³/mol. The second-order valence-corrected chi connectivity index (χ2v) is 8.67. The third kappa shape index (κ3) is 3.97. The van der Waals surface area contributed by atoms with Crippen molar-refractivity contribution in [2.45, 2.75) is 31.7 Å². The number of benzene rings is 2. The van der Waals surface area contributed by atoms with Crippen LogP contribution in [0.5, 0.6) is 0 Å². The molecule has 3 N–H and O–H groups in total. The lowest BCUT2D eigenvalue weighted by atomic mass is 9.87. The highest BCUT2D eigenvalue weighted by atomic mass is 35.5. The fraction of sp³-hybridized carbons (Fsp3) is 0.348. The fourth-order valence-corrected chi connectivity index (χ4v) is 4.74. The maximum Gasteiger partial charge on any atom is 0.324 e. The molecule has 2 aliphatic rings. The molecule has 8 heteroatoms. The number of carbonyl (C=O) groups is 3. The molecule has 1 aliphatic heterocycles. The number of imide groups is 1. The Kier molecular flexibility index (Phi) is 5.62. The van der Waals surface area contributed by atoms with Crippen molar-refractivity contribution in [1.29, 1.82) is 0 Å². The van der Waals surface area contributed by atoms with Gasteiger partial charge in [0, 0.05) is 30.2 Å². The van der Waals surface area contributed by atoms with Crippen molar-refractivity contribution in [3.05, 3.63) is 53.1 Å². The Morgan fingerprint density at radius 2 is 2.00 bits per heavy atom. The first-order valence-electron chi connectivity index (χ1n) is 10.3. The Labute approximate surface area is 186 Å². The lowest BCUT2D eigenvalue weighted by Crippen LogP contribution is -2.53. The van der Waals surface area contributed by atoms with Crippen LogP contribution in [-0.4, -0.2) is 42.0 Å². The Morgan fingerprint density at radius 3 is 2.68 bits per heavy atom. The van der Waals surface area contributed by atoms with E-state index in [1.54, 1.807) is 0 Å². The summed E-state index contributed by atoms with van der Waals surface area (Å²) in [5, 5.41) is 9.25. The third-order valence-corrected chi connectivity index (χ3v) is 6.52. The molecule has 0 radical (unpaired) electrons. The summed E-state index contributed by atoms with van der Waals surface area (Å²) >= 11 is 6.08. The summed E-state index contributed by atoms with van der Waals surface area (Å²) in [4.78, 5) is 38.2. The van der Waals surface area contributed by atoms with Crippen molar-refractivity contribution in [3.8, 4) is 11.1 Å². The largest absolute Gasteiger partial charge is 0.337 e. The van der Waals surface area contributed by atoms with Crippen LogP contribution in [0.25, 0.3) is 11.1 Å². The average molecular weight is 441 g/mol. The molecular weight excluding hydrogens is 416 g/mol. The number of likely N-dealkylation sites (N-methyl/N-ethyl adjacent to an activating group) is 1. The molecule has 4 rings (SSSR count). The zero-order valence-electron chi connectivity index (χ0n) is 17.5. The molecular formula is C23H25ClN4O3. The van der Waals surface area contributed by atoms with E-state index in [0.29, 0.717) is 23.7 Å². The molecule has 2 fully saturated rings. The third-order valence-electron chi connectivity index (χ3n) is 6.28. The van der Waals surface area contributed by atoms with Gasteiger partial charge in [0.25, 0.3) is 5.91 Å². The number of halogens is 1. The topological polar surface area (TPSA) is 90.5 Å². The van der Waals surface area contributed by atoms with Crippen LogP contribution in [0.3, 0.4) is 0 Å². The van der Waals surface area contributed by atoms with E-state index in [9.17, 15) is 14.4 Å². The van der Waals surface area contributed by atoms with Gasteiger partial charge in [-0.3, -0.25) is 9.69 Å². The van der Waals surface area contributed by atoms with E-state index in [2.05, 4.69) is 16.0 Å². The molecule has 1 spiro atoms. The van der Waals surface area contributed by atoms with Crippen LogP contribution < -0.4 is 16.0 Å². The van der Waals surface area contributed by atoms with Gasteiger partial charge in [-0.1, -0.05) is 36.2 Å².